The van der Waals surface area contributed by atoms with Gasteiger partial charge in [0.1, 0.15) is 22.3 Å². The second-order valence-electron chi connectivity index (χ2n) is 10.3. The lowest BCUT2D eigenvalue weighted by molar-refractivity contribution is 0.669. The molecule has 5 aromatic carbocycles. The third kappa shape index (κ3) is 3.45. The highest BCUT2D eigenvalue weighted by Gasteiger charge is 2.20. The average molecular weight is 541 g/mol. The number of benzene rings is 5. The number of rotatable bonds is 3. The van der Waals surface area contributed by atoms with Gasteiger partial charge < -0.3 is 8.83 Å². The van der Waals surface area contributed by atoms with Crippen molar-refractivity contribution in [2.24, 2.45) is 0 Å². The Hall–Kier alpha value is -5.88. The molecule has 0 aliphatic carbocycles. The summed E-state index contributed by atoms with van der Waals surface area (Å²) in [5.74, 6) is 1.76. The molecule has 0 aliphatic rings. The number of hydrogen-bond acceptors (Lipinski definition) is 6. The van der Waals surface area contributed by atoms with Gasteiger partial charge in [-0.3, -0.25) is 4.98 Å². The lowest BCUT2D eigenvalue weighted by Gasteiger charge is -2.10. The van der Waals surface area contributed by atoms with E-state index in [4.69, 9.17) is 23.8 Å². The third-order valence-corrected chi connectivity index (χ3v) is 7.81. The predicted molar refractivity (Wildman–Crippen MR) is 166 cm³/mol. The number of fused-ring (bicyclic) bond motifs is 7. The van der Waals surface area contributed by atoms with Crippen LogP contribution in [0.5, 0.6) is 0 Å². The molecule has 0 unspecified atom stereocenters. The zero-order chi connectivity index (χ0) is 27.6. The molecular formula is C36H20N4O2. The molecule has 0 saturated heterocycles. The molecule has 0 amide bonds. The van der Waals surface area contributed by atoms with Crippen LogP contribution in [0, 0.1) is 0 Å². The first-order valence-electron chi connectivity index (χ1n) is 13.7. The minimum Gasteiger partial charge on any atom is -0.456 e. The minimum atomic E-state index is 0.576. The summed E-state index contributed by atoms with van der Waals surface area (Å²) in [6.07, 6.45) is 3.66. The largest absolute Gasteiger partial charge is 0.456 e. The fourth-order valence-electron chi connectivity index (χ4n) is 5.89. The van der Waals surface area contributed by atoms with Crippen molar-refractivity contribution in [2.75, 3.05) is 0 Å². The lowest BCUT2D eigenvalue weighted by atomic mass is 10.0. The van der Waals surface area contributed by atoms with Crippen LogP contribution in [0.1, 0.15) is 0 Å². The molecule has 0 bridgehead atoms. The monoisotopic (exact) mass is 540 g/mol. The highest BCUT2D eigenvalue weighted by molar-refractivity contribution is 6.15. The Bertz CT molecular complexity index is 2480. The van der Waals surface area contributed by atoms with Crippen molar-refractivity contribution in [3.8, 4) is 34.2 Å². The van der Waals surface area contributed by atoms with Crippen LogP contribution >= 0.6 is 0 Å². The number of para-hydroxylation sites is 1. The van der Waals surface area contributed by atoms with Gasteiger partial charge >= 0.3 is 0 Å². The molecule has 0 N–H and O–H groups in total. The van der Waals surface area contributed by atoms with Crippen LogP contribution in [0.2, 0.25) is 0 Å². The van der Waals surface area contributed by atoms with Gasteiger partial charge in [0.05, 0.1) is 0 Å². The lowest BCUT2D eigenvalue weighted by Crippen LogP contribution is -2.00. The average Bonchev–Trinajstić information content (AvgIpc) is 3.61. The maximum atomic E-state index is 6.34. The Morgan fingerprint density at radius 3 is 1.88 bits per heavy atom. The van der Waals surface area contributed by atoms with E-state index in [0.29, 0.717) is 17.5 Å². The Labute approximate surface area is 238 Å². The zero-order valence-corrected chi connectivity index (χ0v) is 22.2. The summed E-state index contributed by atoms with van der Waals surface area (Å²) in [5, 5.41) is 6.10. The first-order valence-corrected chi connectivity index (χ1v) is 13.7. The summed E-state index contributed by atoms with van der Waals surface area (Å²) < 4.78 is 12.5. The molecule has 6 nitrogen and oxygen atoms in total. The molecule has 0 aliphatic heterocycles. The van der Waals surface area contributed by atoms with Crippen LogP contribution < -0.4 is 0 Å². The van der Waals surface area contributed by atoms with Crippen LogP contribution in [0.4, 0.5) is 0 Å². The van der Waals surface area contributed by atoms with Crippen molar-refractivity contribution < 1.29 is 8.83 Å². The highest BCUT2D eigenvalue weighted by Crippen LogP contribution is 2.40. The van der Waals surface area contributed by atoms with Gasteiger partial charge in [-0.1, -0.05) is 72.8 Å². The van der Waals surface area contributed by atoms with E-state index in [1.807, 2.05) is 103 Å². The standard InChI is InChI=1S/C36H20N4O2/c1-2-8-21(9-3-1)34-38-35(25-11-6-14-29-32(25)24-10-4-5-13-28(24)41-29)40-36(39-34)26-12-7-15-30-33(26)27-18-22-16-17-37-20-23(22)19-31(27)42-30/h1-20H. The number of furan rings is 2. The van der Waals surface area contributed by atoms with Crippen molar-refractivity contribution in [3.05, 3.63) is 122 Å². The van der Waals surface area contributed by atoms with Crippen LogP contribution in [-0.4, -0.2) is 19.9 Å². The molecule has 4 aromatic heterocycles. The third-order valence-electron chi connectivity index (χ3n) is 7.81. The molecule has 6 heteroatoms. The predicted octanol–water partition coefficient (Wildman–Crippen LogP) is 9.22. The van der Waals surface area contributed by atoms with Crippen molar-refractivity contribution >= 4 is 54.6 Å². The van der Waals surface area contributed by atoms with Gasteiger partial charge in [0.25, 0.3) is 0 Å². The molecule has 0 atom stereocenters. The van der Waals surface area contributed by atoms with Crippen LogP contribution in [0.3, 0.4) is 0 Å². The van der Waals surface area contributed by atoms with Crippen molar-refractivity contribution in [3.63, 3.8) is 0 Å². The first-order chi connectivity index (χ1) is 20.8. The Morgan fingerprint density at radius 2 is 1.10 bits per heavy atom. The van der Waals surface area contributed by atoms with E-state index in [1.165, 1.54) is 0 Å². The Kier molecular flexibility index (Phi) is 4.80. The van der Waals surface area contributed by atoms with Crippen molar-refractivity contribution in [1.82, 2.24) is 19.9 Å². The van der Waals surface area contributed by atoms with Crippen LogP contribution in [0.25, 0.3) is 88.8 Å². The fraction of sp³-hybridized carbons (Fsp3) is 0. The van der Waals surface area contributed by atoms with E-state index >= 15 is 0 Å². The summed E-state index contributed by atoms with van der Waals surface area (Å²) in [7, 11) is 0. The van der Waals surface area contributed by atoms with Gasteiger partial charge in [0.2, 0.25) is 0 Å². The quantitative estimate of drug-likeness (QED) is 0.222. The topological polar surface area (TPSA) is 77.8 Å². The summed E-state index contributed by atoms with van der Waals surface area (Å²) in [6.45, 7) is 0. The number of nitrogens with zero attached hydrogens (tertiary/aromatic N) is 4. The van der Waals surface area contributed by atoms with E-state index in [-0.39, 0.29) is 0 Å². The molecular weight excluding hydrogens is 520 g/mol. The van der Waals surface area contributed by atoms with Gasteiger partial charge in [-0.05, 0) is 41.8 Å². The van der Waals surface area contributed by atoms with Gasteiger partial charge in [0, 0.05) is 56.0 Å². The van der Waals surface area contributed by atoms with E-state index in [0.717, 1.165) is 71.3 Å². The number of hydrogen-bond donors (Lipinski definition) is 0. The van der Waals surface area contributed by atoms with Gasteiger partial charge in [0.15, 0.2) is 17.5 Å². The molecule has 0 saturated carbocycles. The first kappa shape index (κ1) is 22.9. The Balaban J connectivity index is 1.36. The number of aromatic nitrogens is 4. The molecule has 196 valence electrons. The van der Waals surface area contributed by atoms with E-state index in [2.05, 4.69) is 23.2 Å². The van der Waals surface area contributed by atoms with Gasteiger partial charge in [-0.2, -0.15) is 0 Å². The van der Waals surface area contributed by atoms with E-state index < -0.39 is 0 Å². The van der Waals surface area contributed by atoms with Gasteiger partial charge in [-0.15, -0.1) is 0 Å². The number of pyridine rings is 1. The highest BCUT2D eigenvalue weighted by atomic mass is 16.3. The van der Waals surface area contributed by atoms with Crippen LogP contribution in [0.15, 0.2) is 130 Å². The van der Waals surface area contributed by atoms with E-state index in [1.54, 1.807) is 0 Å². The Morgan fingerprint density at radius 1 is 0.452 bits per heavy atom. The summed E-state index contributed by atoms with van der Waals surface area (Å²) in [5.41, 5.74) is 5.87. The molecule has 9 aromatic rings. The molecule has 0 fully saturated rings. The maximum absolute atomic E-state index is 6.34. The second-order valence-corrected chi connectivity index (χ2v) is 10.3. The normalized spacial score (nSPS) is 11.8. The maximum Gasteiger partial charge on any atom is 0.164 e. The second kappa shape index (κ2) is 8.81. The van der Waals surface area contributed by atoms with Crippen LogP contribution in [-0.2, 0) is 0 Å². The fourth-order valence-corrected chi connectivity index (χ4v) is 5.89. The SMILES string of the molecule is c1ccc(-c2nc(-c3cccc4oc5ccccc5c34)nc(-c3cccc4oc5cc6cnccc6cc5c34)n2)cc1. The molecule has 9 rings (SSSR count). The molecule has 0 spiro atoms. The van der Waals surface area contributed by atoms with Crippen molar-refractivity contribution in [1.29, 1.82) is 0 Å². The summed E-state index contributed by atoms with van der Waals surface area (Å²) in [6, 6.07) is 36.3. The summed E-state index contributed by atoms with van der Waals surface area (Å²) >= 11 is 0. The molecule has 4 heterocycles. The van der Waals surface area contributed by atoms with E-state index in [9.17, 15) is 0 Å². The minimum absolute atomic E-state index is 0.576. The smallest absolute Gasteiger partial charge is 0.164 e. The zero-order valence-electron chi connectivity index (χ0n) is 22.2. The van der Waals surface area contributed by atoms with Gasteiger partial charge in [-0.25, -0.2) is 15.0 Å². The molecule has 0 radical (unpaired) electrons. The summed E-state index contributed by atoms with van der Waals surface area (Å²) in [4.78, 5) is 19.4. The molecule has 42 heavy (non-hydrogen) atoms. The van der Waals surface area contributed by atoms with Crippen molar-refractivity contribution in [2.45, 2.75) is 0 Å².